The van der Waals surface area contributed by atoms with Gasteiger partial charge in [-0.05, 0) is 30.2 Å². The average Bonchev–Trinajstić information content (AvgIpc) is 2.47. The molecule has 1 N–H and O–H groups in total. The molecule has 2 aromatic rings. The highest BCUT2D eigenvalue weighted by Crippen LogP contribution is 2.38. The Morgan fingerprint density at radius 3 is 2.76 bits per heavy atom. The van der Waals surface area contributed by atoms with Crippen molar-refractivity contribution < 1.29 is 14.6 Å². The first-order valence-corrected chi connectivity index (χ1v) is 6.92. The smallest absolute Gasteiger partial charge is 0.323 e. The lowest BCUT2D eigenvalue weighted by Crippen LogP contribution is -2.38. The SMILES string of the molecule is Cc1ccc2c(c1)OC(c1ccccc1)CN2CC(=O)O. The summed E-state index contributed by atoms with van der Waals surface area (Å²) in [5, 5.41) is 9.12. The number of benzene rings is 2. The van der Waals surface area contributed by atoms with Gasteiger partial charge in [-0.1, -0.05) is 36.4 Å². The van der Waals surface area contributed by atoms with E-state index < -0.39 is 5.97 Å². The van der Waals surface area contributed by atoms with Crippen LogP contribution in [0.1, 0.15) is 17.2 Å². The predicted octanol–water partition coefficient (Wildman–Crippen LogP) is 3.02. The number of rotatable bonds is 3. The fraction of sp³-hybridized carbons (Fsp3) is 0.235. The third-order valence-electron chi connectivity index (χ3n) is 3.61. The van der Waals surface area contributed by atoms with E-state index >= 15 is 0 Å². The van der Waals surface area contributed by atoms with Crippen molar-refractivity contribution >= 4 is 11.7 Å². The van der Waals surface area contributed by atoms with Crippen molar-refractivity contribution in [3.05, 3.63) is 59.7 Å². The summed E-state index contributed by atoms with van der Waals surface area (Å²) >= 11 is 0. The Balaban J connectivity index is 1.97. The number of aryl methyl sites for hydroxylation is 1. The van der Waals surface area contributed by atoms with Gasteiger partial charge in [0.15, 0.2) is 0 Å². The third kappa shape index (κ3) is 2.84. The van der Waals surface area contributed by atoms with E-state index in [1.807, 2.05) is 60.4 Å². The van der Waals surface area contributed by atoms with Crippen LogP contribution in [0.25, 0.3) is 0 Å². The van der Waals surface area contributed by atoms with E-state index in [1.54, 1.807) is 0 Å². The minimum absolute atomic E-state index is 0.0250. The van der Waals surface area contributed by atoms with Gasteiger partial charge in [0.05, 0.1) is 12.2 Å². The van der Waals surface area contributed by atoms with Crippen molar-refractivity contribution in [1.29, 1.82) is 0 Å². The molecule has 0 bridgehead atoms. The number of nitrogens with zero attached hydrogens (tertiary/aromatic N) is 1. The number of hydrogen-bond acceptors (Lipinski definition) is 3. The van der Waals surface area contributed by atoms with Crippen LogP contribution >= 0.6 is 0 Å². The van der Waals surface area contributed by atoms with Crippen LogP contribution in [0.2, 0.25) is 0 Å². The summed E-state index contributed by atoms with van der Waals surface area (Å²) < 4.78 is 6.08. The lowest BCUT2D eigenvalue weighted by Gasteiger charge is -2.35. The largest absolute Gasteiger partial charge is 0.482 e. The molecule has 1 unspecified atom stereocenters. The normalized spacial score (nSPS) is 17.0. The summed E-state index contributed by atoms with van der Waals surface area (Å²) in [5.74, 6) is -0.0911. The molecule has 0 spiro atoms. The minimum Gasteiger partial charge on any atom is -0.482 e. The van der Waals surface area contributed by atoms with E-state index in [9.17, 15) is 4.79 Å². The average molecular weight is 283 g/mol. The highest BCUT2D eigenvalue weighted by molar-refractivity contribution is 5.76. The fourth-order valence-electron chi connectivity index (χ4n) is 2.62. The van der Waals surface area contributed by atoms with Crippen LogP contribution < -0.4 is 9.64 Å². The monoisotopic (exact) mass is 283 g/mol. The number of carboxylic acid groups (broad SMARTS) is 1. The van der Waals surface area contributed by atoms with Gasteiger partial charge >= 0.3 is 5.97 Å². The van der Waals surface area contributed by atoms with Crippen molar-refractivity contribution in [3.63, 3.8) is 0 Å². The fourth-order valence-corrected chi connectivity index (χ4v) is 2.62. The predicted molar refractivity (Wildman–Crippen MR) is 80.8 cm³/mol. The summed E-state index contributed by atoms with van der Waals surface area (Å²) in [6.07, 6.45) is -0.153. The van der Waals surface area contributed by atoms with Crippen molar-refractivity contribution in [2.75, 3.05) is 18.0 Å². The molecule has 0 amide bonds. The molecule has 2 aromatic carbocycles. The third-order valence-corrected chi connectivity index (χ3v) is 3.61. The van der Waals surface area contributed by atoms with E-state index in [-0.39, 0.29) is 12.6 Å². The first-order valence-electron chi connectivity index (χ1n) is 6.92. The number of hydrogen-bond donors (Lipinski definition) is 1. The van der Waals surface area contributed by atoms with Crippen LogP contribution in [0, 0.1) is 6.92 Å². The lowest BCUT2D eigenvalue weighted by atomic mass is 10.1. The zero-order valence-corrected chi connectivity index (χ0v) is 11.8. The van der Waals surface area contributed by atoms with Gasteiger partial charge in [-0.15, -0.1) is 0 Å². The number of anilines is 1. The van der Waals surface area contributed by atoms with E-state index in [0.717, 1.165) is 22.6 Å². The van der Waals surface area contributed by atoms with E-state index in [0.29, 0.717) is 6.54 Å². The van der Waals surface area contributed by atoms with Gasteiger partial charge in [0.2, 0.25) is 0 Å². The highest BCUT2D eigenvalue weighted by Gasteiger charge is 2.27. The molecule has 1 aliphatic rings. The number of fused-ring (bicyclic) bond motifs is 1. The molecular formula is C17H17NO3. The quantitative estimate of drug-likeness (QED) is 0.940. The van der Waals surface area contributed by atoms with Gasteiger partial charge in [0, 0.05) is 0 Å². The Morgan fingerprint density at radius 2 is 2.05 bits per heavy atom. The van der Waals surface area contributed by atoms with Crippen molar-refractivity contribution in [1.82, 2.24) is 0 Å². The highest BCUT2D eigenvalue weighted by atomic mass is 16.5. The molecule has 1 heterocycles. The van der Waals surface area contributed by atoms with Gasteiger partial charge in [0.1, 0.15) is 18.4 Å². The van der Waals surface area contributed by atoms with E-state index in [2.05, 4.69) is 0 Å². The molecule has 0 radical (unpaired) electrons. The second kappa shape index (κ2) is 5.48. The molecule has 4 heteroatoms. The Bertz CT molecular complexity index is 654. The summed E-state index contributed by atoms with van der Waals surface area (Å²) in [6, 6.07) is 15.8. The lowest BCUT2D eigenvalue weighted by molar-refractivity contribution is -0.135. The van der Waals surface area contributed by atoms with Gasteiger partial charge in [-0.25, -0.2) is 0 Å². The second-order valence-corrected chi connectivity index (χ2v) is 5.26. The second-order valence-electron chi connectivity index (χ2n) is 5.26. The molecule has 0 saturated carbocycles. The molecule has 1 atom stereocenters. The topological polar surface area (TPSA) is 49.8 Å². The van der Waals surface area contributed by atoms with Crippen LogP contribution in [0.4, 0.5) is 5.69 Å². The minimum atomic E-state index is -0.838. The van der Waals surface area contributed by atoms with Crippen molar-refractivity contribution in [3.8, 4) is 5.75 Å². The van der Waals surface area contributed by atoms with Crippen LogP contribution in [-0.2, 0) is 4.79 Å². The van der Waals surface area contributed by atoms with Crippen LogP contribution in [0.3, 0.4) is 0 Å². The summed E-state index contributed by atoms with van der Waals surface area (Å²) in [6.45, 7) is 2.51. The number of aliphatic carboxylic acids is 1. The molecule has 0 aromatic heterocycles. The van der Waals surface area contributed by atoms with Gasteiger partial charge in [-0.3, -0.25) is 4.79 Å². The molecule has 108 valence electrons. The Labute approximate surface area is 123 Å². The van der Waals surface area contributed by atoms with Crippen molar-refractivity contribution in [2.45, 2.75) is 13.0 Å². The number of ether oxygens (including phenoxy) is 1. The molecule has 4 nitrogen and oxygen atoms in total. The Kier molecular flexibility index (Phi) is 3.52. The summed E-state index contributed by atoms with van der Waals surface area (Å²) in [4.78, 5) is 13.0. The molecule has 0 fully saturated rings. The first-order chi connectivity index (χ1) is 10.1. The number of carboxylic acids is 1. The van der Waals surface area contributed by atoms with Crippen LogP contribution in [0.15, 0.2) is 48.5 Å². The molecule has 21 heavy (non-hydrogen) atoms. The maximum Gasteiger partial charge on any atom is 0.323 e. The molecule has 3 rings (SSSR count). The van der Waals surface area contributed by atoms with Crippen LogP contribution in [0.5, 0.6) is 5.75 Å². The first kappa shape index (κ1) is 13.5. The summed E-state index contributed by atoms with van der Waals surface area (Å²) in [7, 11) is 0. The van der Waals surface area contributed by atoms with Crippen molar-refractivity contribution in [2.24, 2.45) is 0 Å². The zero-order valence-electron chi connectivity index (χ0n) is 11.8. The summed E-state index contributed by atoms with van der Waals surface area (Å²) in [5.41, 5.74) is 2.99. The maximum absolute atomic E-state index is 11.1. The number of carbonyl (C=O) groups is 1. The van der Waals surface area contributed by atoms with E-state index in [4.69, 9.17) is 9.84 Å². The Morgan fingerprint density at radius 1 is 1.29 bits per heavy atom. The van der Waals surface area contributed by atoms with Crippen LogP contribution in [-0.4, -0.2) is 24.2 Å². The van der Waals surface area contributed by atoms with Gasteiger partial charge in [-0.2, -0.15) is 0 Å². The Hall–Kier alpha value is -2.49. The van der Waals surface area contributed by atoms with Gasteiger partial charge in [0.25, 0.3) is 0 Å². The zero-order chi connectivity index (χ0) is 14.8. The molecule has 1 aliphatic heterocycles. The molecule has 0 saturated heterocycles. The molecular weight excluding hydrogens is 266 g/mol. The van der Waals surface area contributed by atoms with E-state index in [1.165, 1.54) is 0 Å². The standard InChI is InChI=1S/C17H17NO3/c1-12-7-8-14-15(9-12)21-16(10-18(14)11-17(19)20)13-5-3-2-4-6-13/h2-9,16H,10-11H2,1H3,(H,19,20). The maximum atomic E-state index is 11.1. The van der Waals surface area contributed by atoms with Gasteiger partial charge < -0.3 is 14.7 Å². The molecule has 0 aliphatic carbocycles.